The Morgan fingerprint density at radius 2 is 1.94 bits per heavy atom. The first-order chi connectivity index (χ1) is 14.8. The van der Waals surface area contributed by atoms with Crippen LogP contribution in [0.4, 0.5) is 5.82 Å². The highest BCUT2D eigenvalue weighted by Gasteiger charge is 2.37. The molecule has 1 atom stereocenters. The highest BCUT2D eigenvalue weighted by molar-refractivity contribution is 6.07. The van der Waals surface area contributed by atoms with Crippen LogP contribution in [0.5, 0.6) is 0 Å². The molecule has 2 aromatic heterocycles. The van der Waals surface area contributed by atoms with Crippen LogP contribution in [0.2, 0.25) is 0 Å². The van der Waals surface area contributed by atoms with E-state index in [1.54, 1.807) is 4.90 Å². The molecule has 1 saturated carbocycles. The quantitative estimate of drug-likeness (QED) is 0.540. The zero-order chi connectivity index (χ0) is 22.3. The molecule has 0 bridgehead atoms. The van der Waals surface area contributed by atoms with Gasteiger partial charge in [-0.1, -0.05) is 24.8 Å². The molecule has 160 valence electrons. The Balaban J connectivity index is 1.64. The molecule has 1 aromatic carbocycles. The van der Waals surface area contributed by atoms with Gasteiger partial charge in [-0.25, -0.2) is 9.97 Å². The van der Waals surface area contributed by atoms with Gasteiger partial charge in [-0.15, -0.1) is 0 Å². The summed E-state index contributed by atoms with van der Waals surface area (Å²) in [7, 11) is 0. The lowest BCUT2D eigenvalue weighted by atomic mass is 10.0. The van der Waals surface area contributed by atoms with E-state index >= 15 is 0 Å². The Labute approximate surface area is 179 Å². The van der Waals surface area contributed by atoms with Gasteiger partial charge >= 0.3 is 0 Å². The van der Waals surface area contributed by atoms with Crippen LogP contribution in [-0.4, -0.2) is 49.0 Å². The highest BCUT2D eigenvalue weighted by atomic mass is 16.2. The van der Waals surface area contributed by atoms with E-state index in [1.165, 1.54) is 6.33 Å². The number of hydrogen-bond acceptors (Lipinski definition) is 6. The highest BCUT2D eigenvalue weighted by Crippen LogP contribution is 2.34. The van der Waals surface area contributed by atoms with Gasteiger partial charge in [0.05, 0.1) is 11.4 Å². The van der Waals surface area contributed by atoms with Crippen LogP contribution in [0.3, 0.4) is 0 Å². The summed E-state index contributed by atoms with van der Waals surface area (Å²) in [5.41, 5.74) is 9.11. The second-order valence-corrected chi connectivity index (χ2v) is 7.91. The molecule has 1 aliphatic carbocycles. The molecule has 1 aliphatic rings. The first-order valence-corrected chi connectivity index (χ1v) is 10.1. The number of carbonyl (C=O) groups is 2. The van der Waals surface area contributed by atoms with E-state index in [1.807, 2.05) is 39.0 Å². The van der Waals surface area contributed by atoms with Crippen LogP contribution >= 0.6 is 0 Å². The molecule has 0 saturated heterocycles. The van der Waals surface area contributed by atoms with E-state index in [9.17, 15) is 9.59 Å². The summed E-state index contributed by atoms with van der Waals surface area (Å²) in [5.74, 6) is -0.307. The van der Waals surface area contributed by atoms with Crippen LogP contribution in [0.15, 0.2) is 36.8 Å². The molecule has 4 rings (SSSR count). The zero-order valence-electron chi connectivity index (χ0n) is 17.8. The number of aryl methyl sites for hydroxylation is 2. The van der Waals surface area contributed by atoms with Crippen molar-refractivity contribution in [1.29, 1.82) is 0 Å². The molecule has 9 nitrogen and oxygen atoms in total. The van der Waals surface area contributed by atoms with Gasteiger partial charge in [0, 0.05) is 17.3 Å². The average Bonchev–Trinajstić information content (AvgIpc) is 3.44. The van der Waals surface area contributed by atoms with Crippen LogP contribution in [0.1, 0.15) is 51.7 Å². The van der Waals surface area contributed by atoms with E-state index in [-0.39, 0.29) is 23.7 Å². The molecular formula is C22H25N7O2. The monoisotopic (exact) mass is 419 g/mol. The summed E-state index contributed by atoms with van der Waals surface area (Å²) in [6.07, 6.45) is 3.23. The summed E-state index contributed by atoms with van der Waals surface area (Å²) in [5, 5.41) is 10.3. The zero-order valence-corrected chi connectivity index (χ0v) is 17.8. The van der Waals surface area contributed by atoms with Gasteiger partial charge < -0.3 is 16.0 Å². The number of anilines is 1. The lowest BCUT2D eigenvalue weighted by Crippen LogP contribution is -2.39. The average molecular weight is 419 g/mol. The van der Waals surface area contributed by atoms with E-state index in [0.29, 0.717) is 28.1 Å². The lowest BCUT2D eigenvalue weighted by molar-refractivity contribution is 0.0788. The van der Waals surface area contributed by atoms with E-state index in [0.717, 1.165) is 24.0 Å². The molecule has 4 N–H and O–H groups in total. The predicted octanol–water partition coefficient (Wildman–Crippen LogP) is 2.69. The number of nitrogens with two attached hydrogens (primary N) is 1. The number of hydrogen-bond donors (Lipinski definition) is 3. The third-order valence-corrected chi connectivity index (χ3v) is 5.59. The van der Waals surface area contributed by atoms with Crippen LogP contribution in [-0.2, 0) is 0 Å². The molecule has 3 aromatic rings. The number of aromatic amines is 1. The minimum atomic E-state index is -0.656. The third kappa shape index (κ3) is 3.74. The van der Waals surface area contributed by atoms with Crippen molar-refractivity contribution in [2.45, 2.75) is 45.7 Å². The fraction of sp³-hybridized carbons (Fsp3) is 0.318. The number of nitrogens with one attached hydrogen (secondary N) is 2. The molecule has 31 heavy (non-hydrogen) atoms. The van der Waals surface area contributed by atoms with Gasteiger partial charge in [0.2, 0.25) is 0 Å². The van der Waals surface area contributed by atoms with Gasteiger partial charge in [0.15, 0.2) is 5.65 Å². The predicted molar refractivity (Wildman–Crippen MR) is 118 cm³/mol. The Kier molecular flexibility index (Phi) is 5.18. The first kappa shape index (κ1) is 20.5. The maximum atomic E-state index is 13.5. The summed E-state index contributed by atoms with van der Waals surface area (Å²) in [6, 6.07) is 5.62. The van der Waals surface area contributed by atoms with Crippen LogP contribution in [0.25, 0.3) is 11.0 Å². The Bertz CT molecular complexity index is 1180. The van der Waals surface area contributed by atoms with Crippen molar-refractivity contribution in [3.63, 3.8) is 0 Å². The number of benzene rings is 1. The smallest absolute Gasteiger partial charge is 0.267 e. The largest absolute Gasteiger partial charge is 0.364 e. The van der Waals surface area contributed by atoms with Gasteiger partial charge in [0.1, 0.15) is 17.8 Å². The van der Waals surface area contributed by atoms with Crippen molar-refractivity contribution in [3.8, 4) is 0 Å². The van der Waals surface area contributed by atoms with Crippen LogP contribution in [0, 0.1) is 13.8 Å². The van der Waals surface area contributed by atoms with E-state index < -0.39 is 5.91 Å². The number of rotatable bonds is 7. The lowest BCUT2D eigenvalue weighted by Gasteiger charge is -2.30. The Morgan fingerprint density at radius 3 is 2.55 bits per heavy atom. The normalized spacial score (nSPS) is 14.3. The summed E-state index contributed by atoms with van der Waals surface area (Å²) in [6.45, 7) is 10.0. The van der Waals surface area contributed by atoms with E-state index in [2.05, 4.69) is 32.1 Å². The molecule has 1 fully saturated rings. The molecule has 9 heteroatoms. The minimum absolute atomic E-state index is 0.0503. The summed E-state index contributed by atoms with van der Waals surface area (Å²) in [4.78, 5) is 35.4. The fourth-order valence-electron chi connectivity index (χ4n) is 3.78. The second kappa shape index (κ2) is 7.82. The maximum absolute atomic E-state index is 13.5. The Morgan fingerprint density at radius 1 is 1.26 bits per heavy atom. The minimum Gasteiger partial charge on any atom is -0.364 e. The number of aromatic nitrogens is 4. The second-order valence-electron chi connectivity index (χ2n) is 7.91. The van der Waals surface area contributed by atoms with Gasteiger partial charge in [0.25, 0.3) is 11.8 Å². The van der Waals surface area contributed by atoms with Crippen molar-refractivity contribution in [3.05, 3.63) is 59.2 Å². The van der Waals surface area contributed by atoms with Crippen LogP contribution < -0.4 is 11.1 Å². The molecule has 2 amide bonds. The van der Waals surface area contributed by atoms with E-state index in [4.69, 9.17) is 5.73 Å². The summed E-state index contributed by atoms with van der Waals surface area (Å²) < 4.78 is 0. The molecule has 0 unspecified atom stereocenters. The number of primary amides is 1. The first-order valence-electron chi connectivity index (χ1n) is 10.1. The summed E-state index contributed by atoms with van der Waals surface area (Å²) >= 11 is 0. The number of amides is 2. The molecule has 0 aliphatic heterocycles. The molecule has 0 spiro atoms. The number of carbonyl (C=O) groups excluding carboxylic acids is 2. The van der Waals surface area contributed by atoms with Crippen molar-refractivity contribution in [2.24, 2.45) is 5.73 Å². The van der Waals surface area contributed by atoms with Crippen molar-refractivity contribution < 1.29 is 9.59 Å². The third-order valence-electron chi connectivity index (χ3n) is 5.59. The number of nitrogens with zero attached hydrogens (tertiary/aromatic N) is 4. The van der Waals surface area contributed by atoms with Gasteiger partial charge in [-0.2, -0.15) is 5.10 Å². The van der Waals surface area contributed by atoms with Crippen molar-refractivity contribution in [1.82, 2.24) is 25.1 Å². The molecule has 0 radical (unpaired) electrons. The fourth-order valence-corrected chi connectivity index (χ4v) is 3.78. The number of H-pyrrole nitrogens is 1. The van der Waals surface area contributed by atoms with Crippen molar-refractivity contribution >= 4 is 28.7 Å². The maximum Gasteiger partial charge on any atom is 0.267 e. The van der Waals surface area contributed by atoms with Crippen molar-refractivity contribution in [2.75, 3.05) is 5.32 Å². The number of fused-ring (bicyclic) bond motifs is 1. The molecule has 2 heterocycles. The Hall–Kier alpha value is -3.75. The van der Waals surface area contributed by atoms with Gasteiger partial charge in [-0.05, 0) is 44.7 Å². The SMILES string of the molecule is C=C([C@H](C)Nc1ncnc2n[nH]c(C(N)=O)c12)N(C(=O)c1c(C)cccc1C)C1CC1. The molecular weight excluding hydrogens is 394 g/mol. The standard InChI is InChI=1S/C22H25N7O2/c1-11-6-5-7-12(2)16(11)22(31)29(15-8-9-15)14(4)13(3)26-20-17-18(19(23)30)27-28-21(17)25-10-24-20/h5-7,10,13,15H,4,8-9H2,1-3H3,(H2,23,30)(H2,24,25,26,27,28)/t13-/m0/s1. The van der Waals surface area contributed by atoms with Gasteiger partial charge in [-0.3, -0.25) is 14.7 Å². The topological polar surface area (TPSA) is 130 Å².